The normalized spacial score (nSPS) is 11.1. The van der Waals surface area contributed by atoms with Crippen molar-refractivity contribution in [2.45, 2.75) is 6.61 Å². The van der Waals surface area contributed by atoms with Crippen molar-refractivity contribution in [3.63, 3.8) is 0 Å². The molecule has 0 atom stereocenters. The van der Waals surface area contributed by atoms with Crippen molar-refractivity contribution >= 4 is 90.1 Å². The summed E-state index contributed by atoms with van der Waals surface area (Å²) in [6.07, 6.45) is 1.51. The Hall–Kier alpha value is -3.18. The number of benzene rings is 3. The smallest absolute Gasteiger partial charge is 0.281 e. The van der Waals surface area contributed by atoms with Crippen molar-refractivity contribution < 1.29 is 19.4 Å². The Morgan fingerprint density at radius 1 is 0.972 bits per heavy atom. The monoisotopic (exact) mass is 728 g/mol. The lowest BCUT2D eigenvalue weighted by molar-refractivity contribution is -0.385. The summed E-state index contributed by atoms with van der Waals surface area (Å²) in [6, 6.07) is 15.9. The van der Waals surface area contributed by atoms with Crippen LogP contribution in [0.1, 0.15) is 20.8 Å². The van der Waals surface area contributed by atoms with E-state index in [1.165, 1.54) is 41.8 Å². The predicted molar refractivity (Wildman–Crippen MR) is 153 cm³/mol. The third-order valence-corrected chi connectivity index (χ3v) is 7.58. The molecule has 1 aromatic heterocycles. The summed E-state index contributed by atoms with van der Waals surface area (Å²) in [4.78, 5) is 33.7. The Morgan fingerprint density at radius 3 is 2.25 bits per heavy atom. The molecular weight excluding hydrogens is 714 g/mol. The number of nitro benzene ring substituents is 2. The zero-order valence-corrected chi connectivity index (χ0v) is 23.1. The standard InChI is InChI=1S/C23H14I2N4O6S/c24-18-7-14(8-19(25)22(18)35-12-13-1-3-16(4-2-13)28(31)32)11-26-27-23(30)21-10-15-9-17(29(33)34)5-6-20(15)36-21/h1-11H,12H2,(H,27,30)/b26-11-. The molecule has 3 aromatic carbocycles. The number of nitro groups is 2. The van der Waals surface area contributed by atoms with E-state index in [1.807, 2.05) is 12.1 Å². The first kappa shape index (κ1) is 25.9. The van der Waals surface area contributed by atoms with Crippen molar-refractivity contribution in [1.29, 1.82) is 0 Å². The van der Waals surface area contributed by atoms with Crippen LogP contribution in [0.25, 0.3) is 10.1 Å². The van der Waals surface area contributed by atoms with Gasteiger partial charge in [0.1, 0.15) is 12.4 Å². The maximum absolute atomic E-state index is 12.5. The molecule has 0 spiro atoms. The number of carbonyl (C=O) groups is 1. The number of fused-ring (bicyclic) bond motifs is 1. The number of amides is 1. The van der Waals surface area contributed by atoms with E-state index in [2.05, 4.69) is 55.7 Å². The number of thiophene rings is 1. The molecule has 10 nitrogen and oxygen atoms in total. The second-order valence-electron chi connectivity index (χ2n) is 7.31. The van der Waals surface area contributed by atoms with Crippen LogP contribution in [0.2, 0.25) is 0 Å². The zero-order valence-electron chi connectivity index (χ0n) is 18.0. The first-order valence-electron chi connectivity index (χ1n) is 10.1. The van der Waals surface area contributed by atoms with Crippen molar-refractivity contribution in [3.05, 3.63) is 104 Å². The van der Waals surface area contributed by atoms with E-state index in [4.69, 9.17) is 4.74 Å². The van der Waals surface area contributed by atoms with Crippen LogP contribution in [-0.4, -0.2) is 22.0 Å². The highest BCUT2D eigenvalue weighted by molar-refractivity contribution is 14.1. The molecule has 0 saturated heterocycles. The molecule has 1 amide bonds. The van der Waals surface area contributed by atoms with E-state index in [9.17, 15) is 25.0 Å². The maximum Gasteiger partial charge on any atom is 0.281 e. The van der Waals surface area contributed by atoms with Gasteiger partial charge in [-0.2, -0.15) is 5.10 Å². The van der Waals surface area contributed by atoms with Gasteiger partial charge >= 0.3 is 0 Å². The van der Waals surface area contributed by atoms with Crippen molar-refractivity contribution in [2.75, 3.05) is 0 Å². The molecule has 4 aromatic rings. The highest BCUT2D eigenvalue weighted by Gasteiger charge is 2.14. The van der Waals surface area contributed by atoms with E-state index in [-0.39, 0.29) is 18.0 Å². The Labute approximate surface area is 234 Å². The van der Waals surface area contributed by atoms with Crippen molar-refractivity contribution in [3.8, 4) is 5.75 Å². The van der Waals surface area contributed by atoms with E-state index in [1.54, 1.807) is 24.3 Å². The number of carbonyl (C=O) groups excluding carboxylic acids is 1. The molecule has 0 radical (unpaired) electrons. The SMILES string of the molecule is O=C(N/N=C\c1cc(I)c(OCc2ccc([N+](=O)[O-])cc2)c(I)c1)c1cc2cc([N+](=O)[O-])ccc2s1. The molecular formula is C23H14I2N4O6S. The molecule has 4 rings (SSSR count). The van der Waals surface area contributed by atoms with Crippen LogP contribution < -0.4 is 10.2 Å². The number of rotatable bonds is 8. The predicted octanol–water partition coefficient (Wildman–Crippen LogP) is 6.27. The quantitative estimate of drug-likeness (QED) is 0.0984. The van der Waals surface area contributed by atoms with Gasteiger partial charge in [0.05, 0.1) is 28.1 Å². The maximum atomic E-state index is 12.5. The molecule has 0 aliphatic carbocycles. The average Bonchev–Trinajstić information content (AvgIpc) is 3.27. The van der Waals surface area contributed by atoms with Crippen LogP contribution >= 0.6 is 56.5 Å². The number of non-ortho nitro benzene ring substituents is 2. The summed E-state index contributed by atoms with van der Waals surface area (Å²) >= 11 is 5.51. The van der Waals surface area contributed by atoms with E-state index in [0.29, 0.717) is 16.0 Å². The van der Waals surface area contributed by atoms with Crippen LogP contribution in [0.5, 0.6) is 5.75 Å². The van der Waals surface area contributed by atoms with Crippen LogP contribution in [-0.2, 0) is 6.61 Å². The fourth-order valence-corrected chi connectivity index (χ4v) is 6.20. The van der Waals surface area contributed by atoms with E-state index < -0.39 is 15.8 Å². The molecule has 0 saturated carbocycles. The third kappa shape index (κ3) is 6.14. The minimum Gasteiger partial charge on any atom is -0.487 e. The zero-order chi connectivity index (χ0) is 25.8. The summed E-state index contributed by atoms with van der Waals surface area (Å²) in [5.74, 6) is 0.262. The number of hydrogen-bond acceptors (Lipinski definition) is 8. The number of nitrogens with zero attached hydrogens (tertiary/aromatic N) is 3. The van der Waals surface area contributed by atoms with Crippen LogP contribution in [0.15, 0.2) is 65.8 Å². The van der Waals surface area contributed by atoms with Gasteiger partial charge in [0, 0.05) is 34.4 Å². The van der Waals surface area contributed by atoms with Gasteiger partial charge in [0.25, 0.3) is 17.3 Å². The van der Waals surface area contributed by atoms with Gasteiger partial charge in [-0.1, -0.05) is 0 Å². The van der Waals surface area contributed by atoms with Gasteiger partial charge in [-0.05, 0) is 92.7 Å². The highest BCUT2D eigenvalue weighted by atomic mass is 127. The van der Waals surface area contributed by atoms with Gasteiger partial charge in [0.2, 0.25) is 0 Å². The largest absolute Gasteiger partial charge is 0.487 e. The lowest BCUT2D eigenvalue weighted by atomic mass is 10.2. The average molecular weight is 728 g/mol. The third-order valence-electron chi connectivity index (χ3n) is 4.87. The molecule has 1 heterocycles. The minimum absolute atomic E-state index is 0.0231. The lowest BCUT2D eigenvalue weighted by Crippen LogP contribution is -2.16. The fraction of sp³-hybridized carbons (Fsp3) is 0.0435. The number of hydrogen-bond donors (Lipinski definition) is 1. The number of nitrogens with one attached hydrogen (secondary N) is 1. The lowest BCUT2D eigenvalue weighted by Gasteiger charge is -2.11. The van der Waals surface area contributed by atoms with Crippen LogP contribution in [0.4, 0.5) is 11.4 Å². The van der Waals surface area contributed by atoms with Gasteiger partial charge < -0.3 is 4.74 Å². The van der Waals surface area contributed by atoms with E-state index >= 15 is 0 Å². The second-order valence-corrected chi connectivity index (χ2v) is 10.7. The number of halogens is 2. The summed E-state index contributed by atoms with van der Waals surface area (Å²) in [6.45, 7) is 0.256. The van der Waals surface area contributed by atoms with Gasteiger partial charge in [-0.15, -0.1) is 11.3 Å². The van der Waals surface area contributed by atoms with Crippen LogP contribution in [0.3, 0.4) is 0 Å². The van der Waals surface area contributed by atoms with E-state index in [0.717, 1.165) is 23.0 Å². The topological polar surface area (TPSA) is 137 Å². The summed E-state index contributed by atoms with van der Waals surface area (Å²) < 4.78 is 8.36. The minimum atomic E-state index is -0.476. The van der Waals surface area contributed by atoms with Crippen LogP contribution in [0, 0.1) is 27.4 Å². The van der Waals surface area contributed by atoms with Crippen molar-refractivity contribution in [2.24, 2.45) is 5.10 Å². The Balaban J connectivity index is 1.39. The Kier molecular flexibility index (Phi) is 8.10. The Morgan fingerprint density at radius 2 is 1.61 bits per heavy atom. The van der Waals surface area contributed by atoms with Gasteiger partial charge in [0.15, 0.2) is 0 Å². The molecule has 1 N–H and O–H groups in total. The fourth-order valence-electron chi connectivity index (χ4n) is 3.14. The number of ether oxygens (including phenoxy) is 1. The highest BCUT2D eigenvalue weighted by Crippen LogP contribution is 2.30. The van der Waals surface area contributed by atoms with Gasteiger partial charge in [-0.3, -0.25) is 25.0 Å². The molecule has 182 valence electrons. The second kappa shape index (κ2) is 11.3. The first-order valence-corrected chi connectivity index (χ1v) is 13.1. The molecule has 13 heteroatoms. The molecule has 36 heavy (non-hydrogen) atoms. The first-order chi connectivity index (χ1) is 17.2. The van der Waals surface area contributed by atoms with Crippen molar-refractivity contribution in [1.82, 2.24) is 5.43 Å². The molecule has 0 bridgehead atoms. The molecule has 0 aliphatic heterocycles. The molecule has 0 unspecified atom stereocenters. The Bertz CT molecular complexity index is 1500. The molecule has 0 aliphatic rings. The summed E-state index contributed by atoms with van der Waals surface area (Å²) in [7, 11) is 0. The summed E-state index contributed by atoms with van der Waals surface area (Å²) in [5.41, 5.74) is 4.02. The molecule has 0 fully saturated rings. The van der Waals surface area contributed by atoms with Gasteiger partial charge in [-0.25, -0.2) is 5.43 Å². The number of hydrazone groups is 1. The summed E-state index contributed by atoms with van der Waals surface area (Å²) in [5, 5.41) is 26.4.